The fourth-order valence-electron chi connectivity index (χ4n) is 2.86. The third-order valence-electron chi connectivity index (χ3n) is 3.81. The Morgan fingerprint density at radius 2 is 2.30 bits per heavy atom. The summed E-state index contributed by atoms with van der Waals surface area (Å²) in [7, 11) is 0. The average molecular weight is 292 g/mol. The van der Waals surface area contributed by atoms with E-state index in [4.69, 9.17) is 11.6 Å². The minimum atomic E-state index is 0.144. The maximum absolute atomic E-state index is 9.32. The maximum atomic E-state index is 9.32. The van der Waals surface area contributed by atoms with E-state index in [0.717, 1.165) is 47.1 Å². The average Bonchev–Trinajstić information content (AvgIpc) is 3.02. The van der Waals surface area contributed by atoms with Gasteiger partial charge in [-0.1, -0.05) is 11.6 Å². The molecule has 106 valence electrons. The predicted molar refractivity (Wildman–Crippen MR) is 82.8 cm³/mol. The molecule has 0 saturated carbocycles. The molecule has 1 aliphatic rings. The SMILES string of the molecule is Cc1c(CCO)n(CC2=NCCN2)c2ccc(Cl)cc12. The standard InChI is InChI=1S/C15H18ClN3O/c1-10-12-8-11(16)2-3-14(12)19(13(10)4-7-20)9-15-17-5-6-18-15/h2-3,8,20H,4-7,9H2,1H3,(H,17,18). The van der Waals surface area contributed by atoms with E-state index in [1.165, 1.54) is 5.56 Å². The highest BCUT2D eigenvalue weighted by Gasteiger charge is 2.16. The number of amidine groups is 1. The van der Waals surface area contributed by atoms with Crippen molar-refractivity contribution in [1.82, 2.24) is 9.88 Å². The molecule has 0 bridgehead atoms. The topological polar surface area (TPSA) is 49.5 Å². The quantitative estimate of drug-likeness (QED) is 0.907. The van der Waals surface area contributed by atoms with Gasteiger partial charge in [0.25, 0.3) is 0 Å². The molecule has 0 amide bonds. The maximum Gasteiger partial charge on any atom is 0.117 e. The molecule has 1 aromatic carbocycles. The number of aliphatic hydroxyl groups is 1. The van der Waals surface area contributed by atoms with Gasteiger partial charge in [0.2, 0.25) is 0 Å². The number of fused-ring (bicyclic) bond motifs is 1. The van der Waals surface area contributed by atoms with Crippen molar-refractivity contribution in [1.29, 1.82) is 0 Å². The number of aliphatic imine (C=N–C) groups is 1. The molecule has 0 spiro atoms. The Hall–Kier alpha value is -1.52. The lowest BCUT2D eigenvalue weighted by atomic mass is 10.1. The van der Waals surface area contributed by atoms with Crippen LogP contribution in [0.3, 0.4) is 0 Å². The Labute approximate surface area is 123 Å². The third-order valence-corrected chi connectivity index (χ3v) is 4.05. The zero-order valence-electron chi connectivity index (χ0n) is 11.5. The van der Waals surface area contributed by atoms with E-state index >= 15 is 0 Å². The summed E-state index contributed by atoms with van der Waals surface area (Å²) >= 11 is 6.10. The van der Waals surface area contributed by atoms with Crippen LogP contribution in [0.2, 0.25) is 5.02 Å². The fraction of sp³-hybridized carbons (Fsp3) is 0.400. The summed E-state index contributed by atoms with van der Waals surface area (Å²) in [6.45, 7) is 4.71. The summed E-state index contributed by atoms with van der Waals surface area (Å²) in [5, 5.41) is 14.5. The number of aromatic nitrogens is 1. The Morgan fingerprint density at radius 3 is 3.00 bits per heavy atom. The molecule has 1 aliphatic heterocycles. The van der Waals surface area contributed by atoms with Gasteiger partial charge in [0, 0.05) is 41.2 Å². The molecule has 3 rings (SSSR count). The van der Waals surface area contributed by atoms with Crippen LogP contribution in [0.25, 0.3) is 10.9 Å². The fourth-order valence-corrected chi connectivity index (χ4v) is 3.03. The summed E-state index contributed by atoms with van der Waals surface area (Å²) in [4.78, 5) is 4.46. The Balaban J connectivity index is 2.13. The second-order valence-electron chi connectivity index (χ2n) is 5.05. The summed E-state index contributed by atoms with van der Waals surface area (Å²) in [6.07, 6.45) is 0.644. The van der Waals surface area contributed by atoms with Crippen molar-refractivity contribution in [3.8, 4) is 0 Å². The van der Waals surface area contributed by atoms with Crippen molar-refractivity contribution in [2.75, 3.05) is 19.7 Å². The molecule has 0 unspecified atom stereocenters. The van der Waals surface area contributed by atoms with Crippen molar-refractivity contribution in [2.45, 2.75) is 19.9 Å². The third kappa shape index (κ3) is 2.30. The zero-order valence-corrected chi connectivity index (χ0v) is 12.2. The smallest absolute Gasteiger partial charge is 0.117 e. The summed E-state index contributed by atoms with van der Waals surface area (Å²) < 4.78 is 2.23. The van der Waals surface area contributed by atoms with Gasteiger partial charge in [0.1, 0.15) is 5.84 Å². The van der Waals surface area contributed by atoms with Gasteiger partial charge >= 0.3 is 0 Å². The number of aliphatic hydroxyl groups excluding tert-OH is 1. The van der Waals surface area contributed by atoms with E-state index < -0.39 is 0 Å². The number of halogens is 1. The molecule has 5 heteroatoms. The molecular weight excluding hydrogens is 274 g/mol. The lowest BCUT2D eigenvalue weighted by Gasteiger charge is -2.11. The molecular formula is C15H18ClN3O. The van der Waals surface area contributed by atoms with Crippen LogP contribution in [0.5, 0.6) is 0 Å². The molecule has 0 radical (unpaired) electrons. The monoisotopic (exact) mass is 291 g/mol. The largest absolute Gasteiger partial charge is 0.396 e. The van der Waals surface area contributed by atoms with Gasteiger partial charge in [-0.15, -0.1) is 0 Å². The van der Waals surface area contributed by atoms with Crippen LogP contribution < -0.4 is 5.32 Å². The lowest BCUT2D eigenvalue weighted by Crippen LogP contribution is -2.24. The number of benzene rings is 1. The molecule has 0 atom stereocenters. The van der Waals surface area contributed by atoms with Gasteiger partial charge < -0.3 is 15.0 Å². The first-order chi connectivity index (χ1) is 9.70. The van der Waals surface area contributed by atoms with Gasteiger partial charge in [-0.3, -0.25) is 4.99 Å². The van der Waals surface area contributed by atoms with Gasteiger partial charge in [0.05, 0.1) is 13.1 Å². The van der Waals surface area contributed by atoms with Gasteiger partial charge in [-0.05, 0) is 30.7 Å². The van der Waals surface area contributed by atoms with Crippen molar-refractivity contribution in [2.24, 2.45) is 4.99 Å². The van der Waals surface area contributed by atoms with Crippen LogP contribution >= 0.6 is 11.6 Å². The minimum Gasteiger partial charge on any atom is -0.396 e. The first-order valence-corrected chi connectivity index (χ1v) is 7.24. The normalized spacial score (nSPS) is 14.7. The van der Waals surface area contributed by atoms with E-state index in [1.54, 1.807) is 0 Å². The van der Waals surface area contributed by atoms with Crippen molar-refractivity contribution in [3.63, 3.8) is 0 Å². The lowest BCUT2D eigenvalue weighted by molar-refractivity contribution is 0.296. The molecule has 2 heterocycles. The van der Waals surface area contributed by atoms with Crippen LogP contribution in [-0.4, -0.2) is 35.2 Å². The molecule has 0 fully saturated rings. The van der Waals surface area contributed by atoms with E-state index in [9.17, 15) is 5.11 Å². The van der Waals surface area contributed by atoms with Crippen molar-refractivity contribution >= 4 is 28.3 Å². The first kappa shape index (κ1) is 13.5. The predicted octanol–water partition coefficient (Wildman–Crippen LogP) is 2.14. The van der Waals surface area contributed by atoms with Crippen LogP contribution in [-0.2, 0) is 13.0 Å². The number of hydrogen-bond acceptors (Lipinski definition) is 3. The summed E-state index contributed by atoms with van der Waals surface area (Å²) in [5.74, 6) is 1.01. The summed E-state index contributed by atoms with van der Waals surface area (Å²) in [6, 6.07) is 5.95. The highest BCUT2D eigenvalue weighted by atomic mass is 35.5. The highest BCUT2D eigenvalue weighted by Crippen LogP contribution is 2.28. The highest BCUT2D eigenvalue weighted by molar-refractivity contribution is 6.31. The van der Waals surface area contributed by atoms with E-state index in [-0.39, 0.29) is 6.61 Å². The van der Waals surface area contributed by atoms with E-state index in [1.807, 2.05) is 18.2 Å². The number of nitrogens with one attached hydrogen (secondary N) is 1. The Morgan fingerprint density at radius 1 is 1.45 bits per heavy atom. The Bertz CT molecular complexity index is 675. The molecule has 2 aromatic rings. The van der Waals surface area contributed by atoms with Crippen LogP contribution in [0.15, 0.2) is 23.2 Å². The zero-order chi connectivity index (χ0) is 14.1. The van der Waals surface area contributed by atoms with Crippen LogP contribution in [0, 0.1) is 6.92 Å². The second-order valence-corrected chi connectivity index (χ2v) is 5.48. The second kappa shape index (κ2) is 5.46. The molecule has 2 N–H and O–H groups in total. The summed E-state index contributed by atoms with van der Waals surface area (Å²) in [5.41, 5.74) is 3.49. The number of nitrogens with zero attached hydrogens (tertiary/aromatic N) is 2. The van der Waals surface area contributed by atoms with Gasteiger partial charge in [0.15, 0.2) is 0 Å². The number of aryl methyl sites for hydroxylation is 1. The van der Waals surface area contributed by atoms with Gasteiger partial charge in [-0.25, -0.2) is 0 Å². The van der Waals surface area contributed by atoms with E-state index in [2.05, 4.69) is 21.8 Å². The molecule has 1 aromatic heterocycles. The van der Waals surface area contributed by atoms with Crippen LogP contribution in [0.1, 0.15) is 11.3 Å². The molecule has 4 nitrogen and oxygen atoms in total. The molecule has 0 aliphatic carbocycles. The van der Waals surface area contributed by atoms with Gasteiger partial charge in [-0.2, -0.15) is 0 Å². The first-order valence-electron chi connectivity index (χ1n) is 6.86. The van der Waals surface area contributed by atoms with E-state index in [0.29, 0.717) is 6.42 Å². The Kier molecular flexibility index (Phi) is 3.68. The minimum absolute atomic E-state index is 0.144. The van der Waals surface area contributed by atoms with Crippen LogP contribution in [0.4, 0.5) is 0 Å². The van der Waals surface area contributed by atoms with Crippen molar-refractivity contribution in [3.05, 3.63) is 34.5 Å². The number of hydrogen-bond donors (Lipinski definition) is 2. The molecule has 20 heavy (non-hydrogen) atoms. The molecule has 0 saturated heterocycles. The number of rotatable bonds is 4. The van der Waals surface area contributed by atoms with Crippen molar-refractivity contribution < 1.29 is 5.11 Å².